The second-order valence-electron chi connectivity index (χ2n) is 7.40. The van der Waals surface area contributed by atoms with Crippen molar-refractivity contribution in [2.24, 2.45) is 5.92 Å². The molecular weight excluding hydrogens is 509 g/mol. The second kappa shape index (κ2) is 9.68. The van der Waals surface area contributed by atoms with E-state index in [4.69, 9.17) is 38.0 Å². The number of ether oxygens (including phenoxy) is 1. The maximum atomic E-state index is 10.7. The van der Waals surface area contributed by atoms with Gasteiger partial charge >= 0.3 is 5.97 Å². The summed E-state index contributed by atoms with van der Waals surface area (Å²) in [6.45, 7) is 2.35. The minimum Gasteiger partial charge on any atom is -0.481 e. The third-order valence-corrected chi connectivity index (χ3v) is 6.94. The third kappa shape index (κ3) is 4.95. The number of carboxylic acids is 1. The second-order valence-corrected chi connectivity index (χ2v) is 9.01. The minimum atomic E-state index is -0.853. The Morgan fingerprint density at radius 3 is 2.90 bits per heavy atom. The van der Waals surface area contributed by atoms with Crippen molar-refractivity contribution in [3.05, 3.63) is 39.3 Å². The highest BCUT2D eigenvalue weighted by Gasteiger charge is 2.24. The number of nitrogens with zero attached hydrogens (tertiary/aromatic N) is 5. The summed E-state index contributed by atoms with van der Waals surface area (Å²) in [5, 5.41) is 14.6. The molecule has 1 aromatic carbocycles. The number of benzene rings is 1. The van der Waals surface area contributed by atoms with Gasteiger partial charge in [0.2, 0.25) is 0 Å². The number of carboxylic acid groups (broad SMARTS) is 1. The van der Waals surface area contributed by atoms with Crippen molar-refractivity contribution in [2.45, 2.75) is 19.3 Å². The number of fused-ring (bicyclic) bond motifs is 1. The molecule has 0 radical (unpaired) electrons. The van der Waals surface area contributed by atoms with Gasteiger partial charge in [-0.15, -0.1) is 0 Å². The molecule has 8 nitrogen and oxygen atoms in total. The molecule has 0 spiro atoms. The number of aromatic nitrogens is 4. The van der Waals surface area contributed by atoms with Gasteiger partial charge in [-0.05, 0) is 40.8 Å². The molecule has 0 aliphatic carbocycles. The van der Waals surface area contributed by atoms with E-state index in [-0.39, 0.29) is 13.0 Å². The van der Waals surface area contributed by atoms with Crippen molar-refractivity contribution in [2.75, 3.05) is 31.2 Å². The summed E-state index contributed by atoms with van der Waals surface area (Å²) in [5.74, 6) is 0.209. The van der Waals surface area contributed by atoms with Gasteiger partial charge in [-0.25, -0.2) is 14.6 Å². The molecule has 3 heterocycles. The van der Waals surface area contributed by atoms with Crippen molar-refractivity contribution < 1.29 is 14.6 Å². The number of piperidine rings is 1. The number of rotatable bonds is 7. The van der Waals surface area contributed by atoms with Crippen molar-refractivity contribution in [3.63, 3.8) is 0 Å². The van der Waals surface area contributed by atoms with Crippen LogP contribution in [0.25, 0.3) is 16.6 Å². The smallest absolute Gasteiger partial charge is 0.305 e. The molecule has 0 saturated carbocycles. The molecule has 1 N–H and O–H groups in total. The van der Waals surface area contributed by atoms with E-state index in [1.807, 2.05) is 12.1 Å². The summed E-state index contributed by atoms with van der Waals surface area (Å²) >= 11 is 16.4. The van der Waals surface area contributed by atoms with Gasteiger partial charge in [0.25, 0.3) is 0 Å². The summed E-state index contributed by atoms with van der Waals surface area (Å²) in [6.07, 6.45) is 5.12. The molecule has 31 heavy (non-hydrogen) atoms. The number of pyridine rings is 1. The molecule has 1 aliphatic heterocycles. The van der Waals surface area contributed by atoms with Gasteiger partial charge in [-0.1, -0.05) is 23.2 Å². The van der Waals surface area contributed by atoms with Gasteiger partial charge in [0.1, 0.15) is 18.5 Å². The Bertz CT molecular complexity index is 1100. The Morgan fingerprint density at radius 1 is 1.32 bits per heavy atom. The number of halogens is 3. The first-order valence-corrected chi connectivity index (χ1v) is 11.4. The molecule has 1 aliphatic rings. The Labute approximate surface area is 197 Å². The highest BCUT2D eigenvalue weighted by Crippen LogP contribution is 2.39. The van der Waals surface area contributed by atoms with E-state index in [9.17, 15) is 4.79 Å². The standard InChI is InChI=1S/C20H20BrCl2N5O3/c21-14-6-13-15(28-11-24-10-25-28)7-16(26-20(13)19(23)18(14)22)27-4-1-2-12(8-27)9-31-5-3-17(29)30/h6-7,10-12H,1-5,8-9H2,(H,29,30)/t12-/m1/s1. The number of anilines is 1. The fourth-order valence-electron chi connectivity index (χ4n) is 3.74. The van der Waals surface area contributed by atoms with Crippen LogP contribution in [-0.2, 0) is 9.53 Å². The van der Waals surface area contributed by atoms with Crippen LogP contribution in [0.4, 0.5) is 5.82 Å². The zero-order valence-corrected chi connectivity index (χ0v) is 19.6. The van der Waals surface area contributed by atoms with Crippen molar-refractivity contribution >= 4 is 61.8 Å². The molecule has 0 unspecified atom stereocenters. The summed E-state index contributed by atoms with van der Waals surface area (Å²) < 4.78 is 7.94. The number of hydrogen-bond donors (Lipinski definition) is 1. The fraction of sp³-hybridized carbons (Fsp3) is 0.400. The molecule has 164 valence electrons. The average Bonchev–Trinajstić information content (AvgIpc) is 3.29. The molecule has 3 aromatic rings. The topological polar surface area (TPSA) is 93.4 Å². The van der Waals surface area contributed by atoms with Crippen molar-refractivity contribution in [3.8, 4) is 5.69 Å². The van der Waals surface area contributed by atoms with Crippen LogP contribution < -0.4 is 4.90 Å². The van der Waals surface area contributed by atoms with Gasteiger partial charge in [0.05, 0.1) is 40.9 Å². The van der Waals surface area contributed by atoms with E-state index in [0.29, 0.717) is 32.6 Å². The maximum absolute atomic E-state index is 10.7. The van der Waals surface area contributed by atoms with Crippen LogP contribution >= 0.6 is 39.1 Å². The number of aliphatic carboxylic acids is 1. The fourth-order valence-corrected chi connectivity index (χ4v) is 4.67. The summed E-state index contributed by atoms with van der Waals surface area (Å²) in [7, 11) is 0. The van der Waals surface area contributed by atoms with Crippen LogP contribution in [0.5, 0.6) is 0 Å². The molecule has 2 aromatic heterocycles. The van der Waals surface area contributed by atoms with Crippen LogP contribution in [0.2, 0.25) is 10.0 Å². The number of hydrogen-bond acceptors (Lipinski definition) is 6. The lowest BCUT2D eigenvalue weighted by Crippen LogP contribution is -2.38. The first kappa shape index (κ1) is 22.3. The zero-order valence-electron chi connectivity index (χ0n) is 16.5. The van der Waals surface area contributed by atoms with Gasteiger partial charge in [0, 0.05) is 29.0 Å². The van der Waals surface area contributed by atoms with Crippen LogP contribution in [0.1, 0.15) is 19.3 Å². The van der Waals surface area contributed by atoms with Gasteiger partial charge < -0.3 is 14.7 Å². The Hall–Kier alpha value is -1.94. The molecule has 1 fully saturated rings. The molecule has 0 bridgehead atoms. The van der Waals surface area contributed by atoms with Gasteiger partial charge in [0.15, 0.2) is 0 Å². The lowest BCUT2D eigenvalue weighted by molar-refractivity contribution is -0.138. The SMILES string of the molecule is O=C(O)CCOC[C@@H]1CCCN(c2cc(-n3cncn3)c3cc(Br)c(Cl)c(Cl)c3n2)C1. The largest absolute Gasteiger partial charge is 0.481 e. The van der Waals surface area contributed by atoms with E-state index < -0.39 is 5.97 Å². The normalized spacial score (nSPS) is 16.7. The Balaban J connectivity index is 1.65. The molecular formula is C20H20BrCl2N5O3. The van der Waals surface area contributed by atoms with Crippen LogP contribution in [-0.4, -0.2) is 57.1 Å². The third-order valence-electron chi connectivity index (χ3n) is 5.23. The maximum Gasteiger partial charge on any atom is 0.305 e. The minimum absolute atomic E-state index is 0.0126. The highest BCUT2D eigenvalue weighted by molar-refractivity contribution is 9.10. The molecule has 11 heteroatoms. The van der Waals surface area contributed by atoms with Gasteiger partial charge in [-0.3, -0.25) is 4.79 Å². The first-order valence-electron chi connectivity index (χ1n) is 9.81. The van der Waals surface area contributed by atoms with E-state index in [1.54, 1.807) is 11.0 Å². The van der Waals surface area contributed by atoms with Gasteiger partial charge in [-0.2, -0.15) is 5.10 Å². The monoisotopic (exact) mass is 527 g/mol. The zero-order chi connectivity index (χ0) is 22.0. The van der Waals surface area contributed by atoms with Crippen LogP contribution in [0.15, 0.2) is 29.3 Å². The lowest BCUT2D eigenvalue weighted by atomic mass is 9.99. The predicted molar refractivity (Wildman–Crippen MR) is 122 cm³/mol. The first-order chi connectivity index (χ1) is 14.9. The summed E-state index contributed by atoms with van der Waals surface area (Å²) in [4.78, 5) is 21.8. The van der Waals surface area contributed by atoms with Crippen LogP contribution in [0.3, 0.4) is 0 Å². The Kier molecular flexibility index (Phi) is 6.95. The lowest BCUT2D eigenvalue weighted by Gasteiger charge is -2.34. The molecule has 4 rings (SSSR count). The number of carbonyl (C=O) groups is 1. The Morgan fingerprint density at radius 2 is 2.16 bits per heavy atom. The van der Waals surface area contributed by atoms with E-state index in [1.165, 1.54) is 6.33 Å². The van der Waals surface area contributed by atoms with Crippen LogP contribution in [0, 0.1) is 5.92 Å². The highest BCUT2D eigenvalue weighted by atomic mass is 79.9. The van der Waals surface area contributed by atoms with E-state index in [2.05, 4.69) is 30.9 Å². The summed E-state index contributed by atoms with van der Waals surface area (Å²) in [6, 6.07) is 3.86. The molecule has 0 amide bonds. The average molecular weight is 529 g/mol. The molecule has 1 saturated heterocycles. The summed E-state index contributed by atoms with van der Waals surface area (Å²) in [5.41, 5.74) is 1.40. The predicted octanol–water partition coefficient (Wildman–Crippen LogP) is 4.59. The van der Waals surface area contributed by atoms with Crippen molar-refractivity contribution in [1.82, 2.24) is 19.7 Å². The van der Waals surface area contributed by atoms with E-state index in [0.717, 1.165) is 42.8 Å². The van der Waals surface area contributed by atoms with E-state index >= 15 is 0 Å². The van der Waals surface area contributed by atoms with Crippen molar-refractivity contribution in [1.29, 1.82) is 0 Å². The molecule has 1 atom stereocenters. The quantitative estimate of drug-likeness (QED) is 0.354.